The highest BCUT2D eigenvalue weighted by molar-refractivity contribution is 6.03. The van der Waals surface area contributed by atoms with E-state index in [2.05, 4.69) is 10.3 Å². The molecule has 3 nitrogen and oxygen atoms in total. The van der Waals surface area contributed by atoms with Gasteiger partial charge in [0.1, 0.15) is 5.82 Å². The van der Waals surface area contributed by atoms with Crippen LogP contribution in [0.15, 0.2) is 30.6 Å². The summed E-state index contributed by atoms with van der Waals surface area (Å²) in [6.45, 7) is 5.49. The number of aromatic nitrogens is 1. The Kier molecular flexibility index (Phi) is 3.03. The summed E-state index contributed by atoms with van der Waals surface area (Å²) in [5, 5.41) is 3.88. The molecule has 18 heavy (non-hydrogen) atoms. The number of nitrogens with one attached hydrogen (secondary N) is 1. The van der Waals surface area contributed by atoms with E-state index in [1.165, 1.54) is 12.3 Å². The summed E-state index contributed by atoms with van der Waals surface area (Å²) in [6.07, 6.45) is 3.03. The Bertz CT molecular complexity index is 602. The molecular weight excluding hydrogens is 231 g/mol. The van der Waals surface area contributed by atoms with Gasteiger partial charge in [-0.05, 0) is 18.2 Å². The molecule has 0 radical (unpaired) electrons. The van der Waals surface area contributed by atoms with E-state index in [4.69, 9.17) is 0 Å². The van der Waals surface area contributed by atoms with Gasteiger partial charge in [0.15, 0.2) is 0 Å². The van der Waals surface area contributed by atoms with Crippen molar-refractivity contribution in [2.24, 2.45) is 5.41 Å². The number of hydrogen-bond acceptors (Lipinski definition) is 2. The van der Waals surface area contributed by atoms with Gasteiger partial charge in [-0.2, -0.15) is 0 Å². The van der Waals surface area contributed by atoms with Crippen molar-refractivity contribution < 1.29 is 9.18 Å². The second-order valence-corrected chi connectivity index (χ2v) is 5.22. The number of hydrogen-bond donors (Lipinski definition) is 1. The van der Waals surface area contributed by atoms with Crippen molar-refractivity contribution in [2.75, 3.05) is 5.32 Å². The minimum absolute atomic E-state index is 0.104. The summed E-state index contributed by atoms with van der Waals surface area (Å²) in [5.74, 6) is -0.445. The van der Waals surface area contributed by atoms with Crippen molar-refractivity contribution in [3.63, 3.8) is 0 Å². The van der Waals surface area contributed by atoms with Crippen LogP contribution in [0, 0.1) is 11.2 Å². The maximum atomic E-state index is 13.6. The molecule has 1 heterocycles. The van der Waals surface area contributed by atoms with Crippen LogP contribution in [0.2, 0.25) is 0 Å². The molecule has 0 unspecified atom stereocenters. The molecule has 0 saturated carbocycles. The molecule has 1 amide bonds. The van der Waals surface area contributed by atoms with Gasteiger partial charge in [0.05, 0.1) is 0 Å². The third-order valence-corrected chi connectivity index (χ3v) is 2.69. The number of pyridine rings is 1. The lowest BCUT2D eigenvalue weighted by Gasteiger charge is -2.18. The maximum absolute atomic E-state index is 13.6. The minimum Gasteiger partial charge on any atom is -0.325 e. The lowest BCUT2D eigenvalue weighted by molar-refractivity contribution is -0.123. The van der Waals surface area contributed by atoms with E-state index in [0.717, 1.165) is 0 Å². The number of benzene rings is 1. The first kappa shape index (κ1) is 12.5. The zero-order valence-corrected chi connectivity index (χ0v) is 10.6. The third kappa shape index (κ3) is 2.32. The first-order valence-corrected chi connectivity index (χ1v) is 5.73. The molecule has 0 fully saturated rings. The van der Waals surface area contributed by atoms with Gasteiger partial charge in [-0.1, -0.05) is 20.8 Å². The normalized spacial score (nSPS) is 11.6. The fourth-order valence-corrected chi connectivity index (χ4v) is 1.57. The van der Waals surface area contributed by atoms with Crippen LogP contribution in [-0.2, 0) is 4.79 Å². The molecule has 94 valence electrons. The Morgan fingerprint density at radius 1 is 1.22 bits per heavy atom. The van der Waals surface area contributed by atoms with Gasteiger partial charge in [0, 0.05) is 34.3 Å². The topological polar surface area (TPSA) is 42.0 Å². The first-order valence-electron chi connectivity index (χ1n) is 5.73. The standard InChI is InChI=1S/C14H15FN2O/c1-14(2,3)13(18)17-12-5-4-11(15)10-8-16-7-6-9(10)12/h4-8H,1-3H3,(H,17,18). The smallest absolute Gasteiger partial charge is 0.229 e. The Balaban J connectivity index is 2.47. The number of carbonyl (C=O) groups excluding carboxylic acids is 1. The fraction of sp³-hybridized carbons (Fsp3) is 0.286. The van der Waals surface area contributed by atoms with E-state index in [1.54, 1.807) is 18.3 Å². The van der Waals surface area contributed by atoms with Crippen LogP contribution in [-0.4, -0.2) is 10.9 Å². The van der Waals surface area contributed by atoms with Crippen LogP contribution in [0.1, 0.15) is 20.8 Å². The summed E-state index contributed by atoms with van der Waals surface area (Å²) < 4.78 is 13.6. The maximum Gasteiger partial charge on any atom is 0.229 e. The van der Waals surface area contributed by atoms with E-state index >= 15 is 0 Å². The number of fused-ring (bicyclic) bond motifs is 1. The number of nitrogens with zero attached hydrogens (tertiary/aromatic N) is 1. The average Bonchev–Trinajstić information content (AvgIpc) is 2.32. The van der Waals surface area contributed by atoms with Crippen molar-refractivity contribution in [3.05, 3.63) is 36.4 Å². The molecule has 1 aromatic carbocycles. The molecule has 0 bridgehead atoms. The summed E-state index contributed by atoms with van der Waals surface area (Å²) in [7, 11) is 0. The molecule has 4 heteroatoms. The Morgan fingerprint density at radius 3 is 2.61 bits per heavy atom. The number of halogens is 1. The van der Waals surface area contributed by atoms with E-state index in [-0.39, 0.29) is 11.7 Å². The Morgan fingerprint density at radius 2 is 1.94 bits per heavy atom. The van der Waals surface area contributed by atoms with Crippen LogP contribution >= 0.6 is 0 Å². The van der Waals surface area contributed by atoms with Crippen LogP contribution in [0.4, 0.5) is 10.1 Å². The Hall–Kier alpha value is -1.97. The van der Waals surface area contributed by atoms with Gasteiger partial charge in [-0.15, -0.1) is 0 Å². The van der Waals surface area contributed by atoms with Gasteiger partial charge < -0.3 is 5.32 Å². The SMILES string of the molecule is CC(C)(C)C(=O)Nc1ccc(F)c2cnccc12. The lowest BCUT2D eigenvalue weighted by atomic mass is 9.95. The van der Waals surface area contributed by atoms with E-state index in [1.807, 2.05) is 20.8 Å². The van der Waals surface area contributed by atoms with Crippen LogP contribution in [0.5, 0.6) is 0 Å². The molecule has 0 aliphatic rings. The fourth-order valence-electron chi connectivity index (χ4n) is 1.57. The molecule has 0 aliphatic heterocycles. The second-order valence-electron chi connectivity index (χ2n) is 5.22. The number of rotatable bonds is 1. The predicted octanol–water partition coefficient (Wildman–Crippen LogP) is 3.36. The largest absolute Gasteiger partial charge is 0.325 e. The first-order chi connectivity index (χ1) is 8.39. The quantitative estimate of drug-likeness (QED) is 0.838. The molecule has 1 N–H and O–H groups in total. The summed E-state index contributed by atoms with van der Waals surface area (Å²) in [4.78, 5) is 15.8. The average molecular weight is 246 g/mol. The third-order valence-electron chi connectivity index (χ3n) is 2.69. The summed E-state index contributed by atoms with van der Waals surface area (Å²) in [5.41, 5.74) is 0.113. The van der Waals surface area contributed by atoms with Crippen molar-refractivity contribution in [1.29, 1.82) is 0 Å². The highest BCUT2D eigenvalue weighted by Crippen LogP contribution is 2.26. The van der Waals surface area contributed by atoms with Crippen molar-refractivity contribution in [2.45, 2.75) is 20.8 Å². The van der Waals surface area contributed by atoms with Gasteiger partial charge in [-0.25, -0.2) is 4.39 Å². The minimum atomic E-state index is -0.492. The van der Waals surface area contributed by atoms with Crippen LogP contribution < -0.4 is 5.32 Å². The molecule has 2 aromatic rings. The van der Waals surface area contributed by atoms with E-state index in [0.29, 0.717) is 16.5 Å². The summed E-state index contributed by atoms with van der Waals surface area (Å²) in [6, 6.07) is 4.60. The monoisotopic (exact) mass is 246 g/mol. The van der Waals surface area contributed by atoms with Crippen LogP contribution in [0.3, 0.4) is 0 Å². The molecule has 0 spiro atoms. The lowest BCUT2D eigenvalue weighted by Crippen LogP contribution is -2.27. The van der Waals surface area contributed by atoms with Crippen LogP contribution in [0.25, 0.3) is 10.8 Å². The molecule has 0 aliphatic carbocycles. The van der Waals surface area contributed by atoms with Gasteiger partial charge in [-0.3, -0.25) is 9.78 Å². The molecule has 2 rings (SSSR count). The predicted molar refractivity (Wildman–Crippen MR) is 69.8 cm³/mol. The second kappa shape index (κ2) is 4.37. The van der Waals surface area contributed by atoms with Crippen molar-refractivity contribution >= 4 is 22.4 Å². The molecule has 1 aromatic heterocycles. The van der Waals surface area contributed by atoms with Crippen molar-refractivity contribution in [3.8, 4) is 0 Å². The van der Waals surface area contributed by atoms with E-state index in [9.17, 15) is 9.18 Å². The number of carbonyl (C=O) groups is 1. The zero-order valence-electron chi connectivity index (χ0n) is 10.6. The van der Waals surface area contributed by atoms with Gasteiger partial charge >= 0.3 is 0 Å². The summed E-state index contributed by atoms with van der Waals surface area (Å²) >= 11 is 0. The Labute approximate surface area is 105 Å². The molecule has 0 saturated heterocycles. The highest BCUT2D eigenvalue weighted by atomic mass is 19.1. The number of anilines is 1. The zero-order chi connectivity index (χ0) is 13.3. The highest BCUT2D eigenvalue weighted by Gasteiger charge is 2.21. The number of amides is 1. The van der Waals surface area contributed by atoms with Gasteiger partial charge in [0.2, 0.25) is 5.91 Å². The van der Waals surface area contributed by atoms with Crippen molar-refractivity contribution in [1.82, 2.24) is 4.98 Å². The van der Waals surface area contributed by atoms with Gasteiger partial charge in [0.25, 0.3) is 0 Å². The van der Waals surface area contributed by atoms with E-state index < -0.39 is 5.41 Å². The molecule has 0 atom stereocenters. The molecular formula is C14H15FN2O.